The molecule has 140 valence electrons. The topological polar surface area (TPSA) is 81.6 Å². The van der Waals surface area contributed by atoms with Gasteiger partial charge in [-0.25, -0.2) is 4.98 Å². The zero-order valence-electron chi connectivity index (χ0n) is 14.6. The maximum Gasteiger partial charge on any atom is 0.216 e. The van der Waals surface area contributed by atoms with Gasteiger partial charge in [-0.2, -0.15) is 0 Å². The molecule has 0 spiro atoms. The molecule has 2 rings (SSSR count). The van der Waals surface area contributed by atoms with Crippen molar-refractivity contribution >= 4 is 53.3 Å². The highest BCUT2D eigenvalue weighted by molar-refractivity contribution is 14.0. The lowest BCUT2D eigenvalue weighted by atomic mass is 10.3. The highest BCUT2D eigenvalue weighted by atomic mass is 127. The molecule has 1 aliphatic rings. The molecule has 0 aliphatic carbocycles. The Morgan fingerprint density at radius 1 is 1.48 bits per heavy atom. The molecule has 1 amide bonds. The van der Waals surface area contributed by atoms with E-state index in [2.05, 4.69) is 30.8 Å². The van der Waals surface area contributed by atoms with Crippen LogP contribution in [-0.2, 0) is 4.79 Å². The molecular weight excluding hydrogens is 455 g/mol. The molecule has 2 heterocycles. The van der Waals surface area contributed by atoms with Crippen LogP contribution >= 0.6 is 35.6 Å². The van der Waals surface area contributed by atoms with Gasteiger partial charge >= 0.3 is 0 Å². The second-order valence-corrected chi connectivity index (χ2v) is 6.04. The molecule has 7 nitrogen and oxygen atoms in total. The van der Waals surface area contributed by atoms with Crippen molar-refractivity contribution in [3.8, 4) is 0 Å². The van der Waals surface area contributed by atoms with Crippen LogP contribution in [-0.4, -0.2) is 55.6 Å². The van der Waals surface area contributed by atoms with Crippen molar-refractivity contribution in [2.75, 3.05) is 37.6 Å². The number of anilines is 1. The summed E-state index contributed by atoms with van der Waals surface area (Å²) >= 11 is 6.22. The van der Waals surface area contributed by atoms with E-state index in [0.717, 1.165) is 37.8 Å². The standard InChI is InChI=1S/C16H25ClN6O.HI/c1-3-18-16(21-9-8-19-12(2)24)22-13-6-10-23(11-13)15-14(17)5-4-7-20-15;/h4-5,7,13H,3,6,8-11H2,1-2H3,(H,19,24)(H2,18,21,22);1H. The Hall–Kier alpha value is -1.29. The Kier molecular flexibility index (Phi) is 9.88. The Labute approximate surface area is 171 Å². The minimum Gasteiger partial charge on any atom is -0.357 e. The van der Waals surface area contributed by atoms with Crippen molar-refractivity contribution in [3.05, 3.63) is 23.4 Å². The molecule has 3 N–H and O–H groups in total. The molecule has 0 radical (unpaired) electrons. The first-order valence-electron chi connectivity index (χ1n) is 8.25. The van der Waals surface area contributed by atoms with E-state index >= 15 is 0 Å². The number of nitrogens with one attached hydrogen (secondary N) is 3. The van der Waals surface area contributed by atoms with Crippen LogP contribution in [0.25, 0.3) is 0 Å². The van der Waals surface area contributed by atoms with Gasteiger partial charge in [-0.3, -0.25) is 9.79 Å². The number of carbonyl (C=O) groups is 1. The van der Waals surface area contributed by atoms with E-state index in [0.29, 0.717) is 18.1 Å². The van der Waals surface area contributed by atoms with Crippen molar-refractivity contribution in [2.24, 2.45) is 4.99 Å². The predicted octanol–water partition coefficient (Wildman–Crippen LogP) is 1.62. The molecule has 1 unspecified atom stereocenters. The van der Waals surface area contributed by atoms with Crippen molar-refractivity contribution in [1.29, 1.82) is 0 Å². The smallest absolute Gasteiger partial charge is 0.216 e. The summed E-state index contributed by atoms with van der Waals surface area (Å²) in [6, 6.07) is 3.97. The first-order valence-corrected chi connectivity index (χ1v) is 8.62. The number of hydrogen-bond acceptors (Lipinski definition) is 4. The normalized spacial score (nSPS) is 17.0. The Balaban J connectivity index is 0.00000312. The summed E-state index contributed by atoms with van der Waals surface area (Å²) < 4.78 is 0. The largest absolute Gasteiger partial charge is 0.357 e. The van der Waals surface area contributed by atoms with Crippen LogP contribution in [0.2, 0.25) is 5.02 Å². The van der Waals surface area contributed by atoms with Gasteiger partial charge in [-0.1, -0.05) is 11.6 Å². The third kappa shape index (κ3) is 7.23. The van der Waals surface area contributed by atoms with Gasteiger partial charge < -0.3 is 20.9 Å². The number of aliphatic imine (C=N–C) groups is 1. The van der Waals surface area contributed by atoms with Gasteiger partial charge in [0.25, 0.3) is 0 Å². The SMILES string of the molecule is CCNC(=NCCNC(C)=O)NC1CCN(c2ncccc2Cl)C1.I. The van der Waals surface area contributed by atoms with Crippen LogP contribution in [0.4, 0.5) is 5.82 Å². The molecule has 1 saturated heterocycles. The molecule has 1 aliphatic heterocycles. The second kappa shape index (κ2) is 11.3. The monoisotopic (exact) mass is 480 g/mol. The minimum absolute atomic E-state index is 0. The quantitative estimate of drug-likeness (QED) is 0.250. The maximum absolute atomic E-state index is 10.9. The zero-order valence-corrected chi connectivity index (χ0v) is 17.7. The van der Waals surface area contributed by atoms with E-state index in [1.807, 2.05) is 19.1 Å². The van der Waals surface area contributed by atoms with Crippen molar-refractivity contribution < 1.29 is 4.79 Å². The van der Waals surface area contributed by atoms with Crippen LogP contribution in [0.3, 0.4) is 0 Å². The Bertz CT molecular complexity index is 585. The molecule has 1 aromatic heterocycles. The summed E-state index contributed by atoms with van der Waals surface area (Å²) in [5.74, 6) is 1.56. The minimum atomic E-state index is -0.0400. The van der Waals surface area contributed by atoms with E-state index in [9.17, 15) is 4.79 Å². The molecule has 1 atom stereocenters. The summed E-state index contributed by atoms with van der Waals surface area (Å²) in [6.07, 6.45) is 2.75. The lowest BCUT2D eigenvalue weighted by molar-refractivity contribution is -0.118. The fraction of sp³-hybridized carbons (Fsp3) is 0.562. The van der Waals surface area contributed by atoms with E-state index in [1.165, 1.54) is 6.92 Å². The van der Waals surface area contributed by atoms with Gasteiger partial charge in [-0.05, 0) is 25.5 Å². The number of amides is 1. The molecule has 0 saturated carbocycles. The molecule has 25 heavy (non-hydrogen) atoms. The second-order valence-electron chi connectivity index (χ2n) is 5.63. The lowest BCUT2D eigenvalue weighted by Gasteiger charge is -2.20. The Morgan fingerprint density at radius 2 is 2.28 bits per heavy atom. The average Bonchev–Trinajstić information content (AvgIpc) is 3.00. The van der Waals surface area contributed by atoms with Crippen molar-refractivity contribution in [1.82, 2.24) is 20.9 Å². The number of pyridine rings is 1. The fourth-order valence-corrected chi connectivity index (χ4v) is 2.83. The third-order valence-corrected chi connectivity index (χ3v) is 3.96. The number of hydrogen-bond donors (Lipinski definition) is 3. The number of aromatic nitrogens is 1. The van der Waals surface area contributed by atoms with Crippen LogP contribution in [0, 0.1) is 0 Å². The van der Waals surface area contributed by atoms with Crippen LogP contribution < -0.4 is 20.9 Å². The molecule has 1 fully saturated rings. The van der Waals surface area contributed by atoms with Crippen LogP contribution in [0.5, 0.6) is 0 Å². The van der Waals surface area contributed by atoms with Gasteiger partial charge in [0.2, 0.25) is 5.91 Å². The zero-order chi connectivity index (χ0) is 17.4. The summed E-state index contributed by atoms with van der Waals surface area (Å²) in [5, 5.41) is 10.1. The van der Waals surface area contributed by atoms with Crippen molar-refractivity contribution in [2.45, 2.75) is 26.3 Å². The number of halogens is 2. The number of rotatable bonds is 6. The van der Waals surface area contributed by atoms with Gasteiger partial charge in [0.05, 0.1) is 11.6 Å². The molecule has 0 aromatic carbocycles. The van der Waals surface area contributed by atoms with Gasteiger partial charge in [0.15, 0.2) is 5.96 Å². The highest BCUT2D eigenvalue weighted by Gasteiger charge is 2.25. The average molecular weight is 481 g/mol. The molecule has 1 aromatic rings. The van der Waals surface area contributed by atoms with Crippen LogP contribution in [0.1, 0.15) is 20.3 Å². The van der Waals surface area contributed by atoms with E-state index in [4.69, 9.17) is 11.6 Å². The number of guanidine groups is 1. The Morgan fingerprint density at radius 3 is 2.96 bits per heavy atom. The van der Waals surface area contributed by atoms with E-state index < -0.39 is 0 Å². The number of nitrogens with zero attached hydrogens (tertiary/aromatic N) is 3. The molecule has 9 heteroatoms. The molecular formula is C16H26ClIN6O. The van der Waals surface area contributed by atoms with E-state index in [1.54, 1.807) is 6.20 Å². The van der Waals surface area contributed by atoms with Gasteiger partial charge in [0.1, 0.15) is 5.82 Å². The van der Waals surface area contributed by atoms with Gasteiger partial charge in [-0.15, -0.1) is 24.0 Å². The lowest BCUT2D eigenvalue weighted by Crippen LogP contribution is -2.45. The summed E-state index contributed by atoms with van der Waals surface area (Å²) in [7, 11) is 0. The summed E-state index contributed by atoms with van der Waals surface area (Å²) in [6.45, 7) is 7.12. The van der Waals surface area contributed by atoms with Gasteiger partial charge in [0, 0.05) is 45.3 Å². The highest BCUT2D eigenvalue weighted by Crippen LogP contribution is 2.25. The van der Waals surface area contributed by atoms with E-state index in [-0.39, 0.29) is 35.9 Å². The summed E-state index contributed by atoms with van der Waals surface area (Å²) in [4.78, 5) is 21.9. The first kappa shape index (κ1) is 21.8. The predicted molar refractivity (Wildman–Crippen MR) is 113 cm³/mol. The summed E-state index contributed by atoms with van der Waals surface area (Å²) in [5.41, 5.74) is 0. The fourth-order valence-electron chi connectivity index (χ4n) is 2.59. The number of carbonyl (C=O) groups excluding carboxylic acids is 1. The van der Waals surface area contributed by atoms with Crippen LogP contribution in [0.15, 0.2) is 23.3 Å². The first-order chi connectivity index (χ1) is 11.6. The third-order valence-electron chi connectivity index (χ3n) is 3.67. The molecule has 0 bridgehead atoms. The maximum atomic E-state index is 10.9. The van der Waals surface area contributed by atoms with Crippen molar-refractivity contribution in [3.63, 3.8) is 0 Å².